The Morgan fingerprint density at radius 1 is 1.22 bits per heavy atom. The Labute approximate surface area is 142 Å². The lowest BCUT2D eigenvalue weighted by Crippen LogP contribution is -2.49. The van der Waals surface area contributed by atoms with Gasteiger partial charge < -0.3 is 14.4 Å². The van der Waals surface area contributed by atoms with E-state index < -0.39 is 5.60 Å². The summed E-state index contributed by atoms with van der Waals surface area (Å²) in [6.45, 7) is 13.9. The third-order valence-electron chi connectivity index (χ3n) is 4.43. The first kappa shape index (κ1) is 20.0. The van der Waals surface area contributed by atoms with Gasteiger partial charge in [0, 0.05) is 19.7 Å². The molecule has 0 aliphatic carbocycles. The minimum atomic E-state index is -0.432. The molecule has 1 fully saturated rings. The van der Waals surface area contributed by atoms with Crippen molar-refractivity contribution in [3.05, 3.63) is 12.7 Å². The van der Waals surface area contributed by atoms with Crippen LogP contribution in [0.25, 0.3) is 0 Å². The first-order valence-corrected chi connectivity index (χ1v) is 9.05. The first-order chi connectivity index (χ1) is 10.8. The van der Waals surface area contributed by atoms with Crippen LogP contribution in [0.2, 0.25) is 0 Å². The monoisotopic (exact) mass is 325 g/mol. The maximum atomic E-state index is 12.1. The van der Waals surface area contributed by atoms with Crippen molar-refractivity contribution >= 4 is 6.09 Å². The van der Waals surface area contributed by atoms with Gasteiger partial charge in [0.15, 0.2) is 0 Å². The molecule has 1 heterocycles. The van der Waals surface area contributed by atoms with E-state index in [-0.39, 0.29) is 11.7 Å². The molecule has 0 aromatic heterocycles. The quantitative estimate of drug-likeness (QED) is 0.469. The van der Waals surface area contributed by atoms with E-state index >= 15 is 0 Å². The maximum absolute atomic E-state index is 12.1. The standard InChI is InChI=1S/C19H35NO3/c1-6-8-9-10-11-16-22-19(7-2)12-14-20(15-13-19)17(21)23-18(3,4)5/h6H,1,7-16H2,2-5H3. The SMILES string of the molecule is C=CCCCCCOC1(CC)CCN(C(=O)OC(C)(C)C)CC1. The van der Waals surface area contributed by atoms with Gasteiger partial charge in [-0.15, -0.1) is 6.58 Å². The number of hydrogen-bond donors (Lipinski definition) is 0. The molecule has 0 aromatic rings. The number of amides is 1. The molecule has 0 saturated carbocycles. The summed E-state index contributed by atoms with van der Waals surface area (Å²) in [4.78, 5) is 13.9. The Hall–Kier alpha value is -1.03. The second-order valence-corrected chi connectivity index (χ2v) is 7.49. The molecular formula is C19H35NO3. The van der Waals surface area contributed by atoms with Crippen LogP contribution in [0.5, 0.6) is 0 Å². The third kappa shape index (κ3) is 7.38. The van der Waals surface area contributed by atoms with Crippen LogP contribution in [0.15, 0.2) is 12.7 Å². The highest BCUT2D eigenvalue weighted by Gasteiger charge is 2.36. The maximum Gasteiger partial charge on any atom is 0.410 e. The predicted octanol–water partition coefficient (Wildman–Crippen LogP) is 4.93. The summed E-state index contributed by atoms with van der Waals surface area (Å²) >= 11 is 0. The number of likely N-dealkylation sites (tertiary alicyclic amines) is 1. The highest BCUT2D eigenvalue weighted by atomic mass is 16.6. The fourth-order valence-electron chi connectivity index (χ4n) is 2.88. The minimum Gasteiger partial charge on any atom is -0.444 e. The number of ether oxygens (including phenoxy) is 2. The Balaban J connectivity index is 2.35. The van der Waals surface area contributed by atoms with Gasteiger partial charge in [0.1, 0.15) is 5.60 Å². The van der Waals surface area contributed by atoms with Gasteiger partial charge in [-0.1, -0.05) is 19.4 Å². The van der Waals surface area contributed by atoms with Gasteiger partial charge >= 0.3 is 6.09 Å². The zero-order valence-electron chi connectivity index (χ0n) is 15.5. The van der Waals surface area contributed by atoms with Crippen molar-refractivity contribution in [1.29, 1.82) is 0 Å². The summed E-state index contributed by atoms with van der Waals surface area (Å²) in [5.41, 5.74) is -0.491. The summed E-state index contributed by atoms with van der Waals surface area (Å²) in [6.07, 6.45) is 9.14. The van der Waals surface area contributed by atoms with Gasteiger partial charge in [0.2, 0.25) is 0 Å². The van der Waals surface area contributed by atoms with Crippen molar-refractivity contribution in [3.63, 3.8) is 0 Å². The molecule has 0 aromatic carbocycles. The second-order valence-electron chi connectivity index (χ2n) is 7.49. The number of carbonyl (C=O) groups excluding carboxylic acids is 1. The molecule has 0 radical (unpaired) electrons. The van der Waals surface area contributed by atoms with Crippen molar-refractivity contribution < 1.29 is 14.3 Å². The van der Waals surface area contributed by atoms with Gasteiger partial charge in [0.05, 0.1) is 5.60 Å². The number of rotatable bonds is 8. The Morgan fingerprint density at radius 2 is 1.87 bits per heavy atom. The zero-order valence-corrected chi connectivity index (χ0v) is 15.5. The molecule has 0 bridgehead atoms. The number of hydrogen-bond acceptors (Lipinski definition) is 3. The molecule has 1 aliphatic rings. The highest BCUT2D eigenvalue weighted by molar-refractivity contribution is 5.68. The van der Waals surface area contributed by atoms with E-state index in [2.05, 4.69) is 13.5 Å². The van der Waals surface area contributed by atoms with Crippen molar-refractivity contribution in [2.75, 3.05) is 19.7 Å². The fraction of sp³-hybridized carbons (Fsp3) is 0.842. The van der Waals surface area contributed by atoms with Crippen molar-refractivity contribution in [2.24, 2.45) is 0 Å². The number of unbranched alkanes of at least 4 members (excludes halogenated alkanes) is 3. The largest absolute Gasteiger partial charge is 0.444 e. The summed E-state index contributed by atoms with van der Waals surface area (Å²) in [5, 5.41) is 0. The van der Waals surface area contributed by atoms with Gasteiger partial charge in [-0.2, -0.15) is 0 Å². The molecule has 1 saturated heterocycles. The van der Waals surface area contributed by atoms with Gasteiger partial charge in [-0.3, -0.25) is 0 Å². The van der Waals surface area contributed by atoms with Crippen LogP contribution < -0.4 is 0 Å². The summed E-state index contributed by atoms with van der Waals surface area (Å²) in [7, 11) is 0. The average Bonchev–Trinajstić information content (AvgIpc) is 2.49. The van der Waals surface area contributed by atoms with Crippen LogP contribution >= 0.6 is 0 Å². The van der Waals surface area contributed by atoms with E-state index in [4.69, 9.17) is 9.47 Å². The predicted molar refractivity (Wildman–Crippen MR) is 94.7 cm³/mol. The van der Waals surface area contributed by atoms with E-state index in [1.807, 2.05) is 31.7 Å². The first-order valence-electron chi connectivity index (χ1n) is 9.05. The van der Waals surface area contributed by atoms with Gasteiger partial charge in [-0.05, 0) is 59.3 Å². The van der Waals surface area contributed by atoms with Crippen LogP contribution in [0.4, 0.5) is 4.79 Å². The number of carbonyl (C=O) groups is 1. The van der Waals surface area contributed by atoms with E-state index in [0.29, 0.717) is 0 Å². The average molecular weight is 325 g/mol. The normalized spacial score (nSPS) is 17.8. The molecule has 0 N–H and O–H groups in total. The van der Waals surface area contributed by atoms with Crippen LogP contribution in [-0.4, -0.2) is 41.9 Å². The molecule has 1 amide bonds. The number of allylic oxidation sites excluding steroid dienone is 1. The van der Waals surface area contributed by atoms with Crippen LogP contribution in [-0.2, 0) is 9.47 Å². The molecule has 0 atom stereocenters. The summed E-state index contributed by atoms with van der Waals surface area (Å²) in [5.74, 6) is 0. The minimum absolute atomic E-state index is 0.0586. The topological polar surface area (TPSA) is 38.8 Å². The lowest BCUT2D eigenvalue weighted by Gasteiger charge is -2.41. The summed E-state index contributed by atoms with van der Waals surface area (Å²) < 4.78 is 11.7. The third-order valence-corrected chi connectivity index (χ3v) is 4.43. The summed E-state index contributed by atoms with van der Waals surface area (Å²) in [6, 6.07) is 0. The van der Waals surface area contributed by atoms with E-state index in [0.717, 1.165) is 51.8 Å². The van der Waals surface area contributed by atoms with E-state index in [1.54, 1.807) is 0 Å². The van der Waals surface area contributed by atoms with Crippen LogP contribution in [0, 0.1) is 0 Å². The van der Waals surface area contributed by atoms with Gasteiger partial charge in [-0.25, -0.2) is 4.79 Å². The molecule has 23 heavy (non-hydrogen) atoms. The Kier molecular flexibility index (Phi) is 8.10. The number of nitrogens with zero attached hydrogens (tertiary/aromatic N) is 1. The van der Waals surface area contributed by atoms with Crippen molar-refractivity contribution in [3.8, 4) is 0 Å². The molecule has 1 rings (SSSR count). The molecule has 4 nitrogen and oxygen atoms in total. The smallest absolute Gasteiger partial charge is 0.410 e. The van der Waals surface area contributed by atoms with Crippen molar-refractivity contribution in [1.82, 2.24) is 4.90 Å². The van der Waals surface area contributed by atoms with Crippen molar-refractivity contribution in [2.45, 2.75) is 83.8 Å². The molecule has 4 heteroatoms. The Bertz CT molecular complexity index is 365. The molecule has 134 valence electrons. The van der Waals surface area contributed by atoms with Crippen LogP contribution in [0.1, 0.15) is 72.6 Å². The fourth-order valence-corrected chi connectivity index (χ4v) is 2.88. The number of piperidine rings is 1. The van der Waals surface area contributed by atoms with Crippen LogP contribution in [0.3, 0.4) is 0 Å². The molecule has 1 aliphatic heterocycles. The lowest BCUT2D eigenvalue weighted by atomic mass is 9.88. The molecular weight excluding hydrogens is 290 g/mol. The zero-order chi connectivity index (χ0) is 17.3. The molecule has 0 unspecified atom stereocenters. The second kappa shape index (κ2) is 9.31. The van der Waals surface area contributed by atoms with E-state index in [1.165, 1.54) is 12.8 Å². The van der Waals surface area contributed by atoms with E-state index in [9.17, 15) is 4.79 Å². The van der Waals surface area contributed by atoms with Gasteiger partial charge in [0.25, 0.3) is 0 Å². The lowest BCUT2D eigenvalue weighted by molar-refractivity contribution is -0.0876. The Morgan fingerprint density at radius 3 is 2.39 bits per heavy atom. The molecule has 0 spiro atoms. The highest BCUT2D eigenvalue weighted by Crippen LogP contribution is 2.30.